The summed E-state index contributed by atoms with van der Waals surface area (Å²) in [5.74, 6) is -0.247. The van der Waals surface area contributed by atoms with Gasteiger partial charge in [-0.2, -0.15) is 0 Å². The standard InChI is InChI=1S/C16H16N2O3/c1-10-9-12(3-8-15(10)20)16(21)18-14-6-4-13(5-7-14)17-11(2)19/h3-9,20H,1-2H3,(H,17,19)(H,18,21). The van der Waals surface area contributed by atoms with Gasteiger partial charge in [0.1, 0.15) is 5.75 Å². The van der Waals surface area contributed by atoms with Crippen molar-refractivity contribution in [3.8, 4) is 5.75 Å². The van der Waals surface area contributed by atoms with Gasteiger partial charge in [-0.3, -0.25) is 9.59 Å². The van der Waals surface area contributed by atoms with Gasteiger partial charge >= 0.3 is 0 Å². The second-order valence-corrected chi connectivity index (χ2v) is 4.71. The molecular weight excluding hydrogens is 268 g/mol. The van der Waals surface area contributed by atoms with E-state index in [4.69, 9.17) is 0 Å². The molecule has 0 saturated carbocycles. The highest BCUT2D eigenvalue weighted by atomic mass is 16.3. The van der Waals surface area contributed by atoms with Crippen LogP contribution in [0.25, 0.3) is 0 Å². The SMILES string of the molecule is CC(=O)Nc1ccc(NC(=O)c2ccc(O)c(C)c2)cc1. The lowest BCUT2D eigenvalue weighted by Gasteiger charge is -2.08. The zero-order valence-corrected chi connectivity index (χ0v) is 11.8. The number of benzene rings is 2. The van der Waals surface area contributed by atoms with Gasteiger partial charge in [0.25, 0.3) is 5.91 Å². The molecule has 2 amide bonds. The average Bonchev–Trinajstić information content (AvgIpc) is 2.43. The van der Waals surface area contributed by atoms with Gasteiger partial charge in [0.05, 0.1) is 0 Å². The van der Waals surface area contributed by atoms with Crippen LogP contribution in [0, 0.1) is 6.92 Å². The van der Waals surface area contributed by atoms with E-state index in [-0.39, 0.29) is 17.6 Å². The highest BCUT2D eigenvalue weighted by Crippen LogP contribution is 2.19. The van der Waals surface area contributed by atoms with Crippen molar-refractivity contribution in [3.63, 3.8) is 0 Å². The largest absolute Gasteiger partial charge is 0.508 e. The van der Waals surface area contributed by atoms with Crippen LogP contribution in [0.1, 0.15) is 22.8 Å². The number of aromatic hydroxyl groups is 1. The molecule has 0 aliphatic carbocycles. The molecule has 0 bridgehead atoms. The number of hydrogen-bond donors (Lipinski definition) is 3. The number of carbonyl (C=O) groups excluding carboxylic acids is 2. The van der Waals surface area contributed by atoms with Crippen LogP contribution in [0.15, 0.2) is 42.5 Å². The number of carbonyl (C=O) groups is 2. The smallest absolute Gasteiger partial charge is 0.255 e. The lowest BCUT2D eigenvalue weighted by molar-refractivity contribution is -0.114. The minimum Gasteiger partial charge on any atom is -0.508 e. The van der Waals surface area contributed by atoms with Crippen LogP contribution in [0.3, 0.4) is 0 Å². The Hall–Kier alpha value is -2.82. The summed E-state index contributed by atoms with van der Waals surface area (Å²) in [6.45, 7) is 3.16. The number of amides is 2. The van der Waals surface area contributed by atoms with E-state index in [9.17, 15) is 14.7 Å². The first kappa shape index (κ1) is 14.6. The predicted octanol–water partition coefficient (Wildman–Crippen LogP) is 2.91. The van der Waals surface area contributed by atoms with E-state index in [1.165, 1.54) is 13.0 Å². The molecule has 0 unspecified atom stereocenters. The summed E-state index contributed by atoms with van der Waals surface area (Å²) in [5, 5.41) is 14.9. The number of aryl methyl sites for hydroxylation is 1. The molecule has 5 heteroatoms. The summed E-state index contributed by atoms with van der Waals surface area (Å²) in [6, 6.07) is 11.5. The van der Waals surface area contributed by atoms with Crippen molar-refractivity contribution in [2.75, 3.05) is 10.6 Å². The first-order valence-corrected chi connectivity index (χ1v) is 6.44. The second kappa shape index (κ2) is 6.09. The molecule has 0 saturated heterocycles. The second-order valence-electron chi connectivity index (χ2n) is 4.71. The fraction of sp³-hybridized carbons (Fsp3) is 0.125. The minimum absolute atomic E-state index is 0.147. The van der Waals surface area contributed by atoms with Gasteiger partial charge < -0.3 is 15.7 Å². The van der Waals surface area contributed by atoms with E-state index >= 15 is 0 Å². The molecule has 108 valence electrons. The van der Waals surface area contributed by atoms with Gasteiger partial charge in [-0.25, -0.2) is 0 Å². The third-order valence-electron chi connectivity index (χ3n) is 2.92. The molecule has 0 heterocycles. The molecular formula is C16H16N2O3. The third kappa shape index (κ3) is 3.82. The van der Waals surface area contributed by atoms with Crippen LogP contribution in [-0.4, -0.2) is 16.9 Å². The molecule has 0 radical (unpaired) electrons. The quantitative estimate of drug-likeness (QED) is 0.811. The average molecular weight is 284 g/mol. The van der Waals surface area contributed by atoms with Crippen molar-refractivity contribution < 1.29 is 14.7 Å². The Bertz CT molecular complexity index is 678. The molecule has 5 nitrogen and oxygen atoms in total. The maximum atomic E-state index is 12.1. The number of rotatable bonds is 3. The van der Waals surface area contributed by atoms with Gasteiger partial charge in [-0.15, -0.1) is 0 Å². The molecule has 0 atom stereocenters. The van der Waals surface area contributed by atoms with E-state index in [1.807, 2.05) is 0 Å². The third-order valence-corrected chi connectivity index (χ3v) is 2.92. The number of hydrogen-bond acceptors (Lipinski definition) is 3. The summed E-state index contributed by atoms with van der Waals surface area (Å²) >= 11 is 0. The summed E-state index contributed by atoms with van der Waals surface area (Å²) < 4.78 is 0. The molecule has 0 aliphatic rings. The molecule has 2 aromatic rings. The summed E-state index contributed by atoms with van der Waals surface area (Å²) in [4.78, 5) is 23.0. The zero-order chi connectivity index (χ0) is 15.4. The Kier molecular flexibility index (Phi) is 4.23. The van der Waals surface area contributed by atoms with E-state index in [2.05, 4.69) is 10.6 Å². The summed E-state index contributed by atoms with van der Waals surface area (Å²) in [6.07, 6.45) is 0. The van der Waals surface area contributed by atoms with Crippen LogP contribution < -0.4 is 10.6 Å². The van der Waals surface area contributed by atoms with Crippen LogP contribution >= 0.6 is 0 Å². The first-order chi connectivity index (χ1) is 9.95. The van der Waals surface area contributed by atoms with Gasteiger partial charge in [-0.05, 0) is 55.0 Å². The Balaban J connectivity index is 2.08. The predicted molar refractivity (Wildman–Crippen MR) is 81.5 cm³/mol. The Labute approximate surface area is 122 Å². The topological polar surface area (TPSA) is 78.4 Å². The zero-order valence-electron chi connectivity index (χ0n) is 11.8. The Morgan fingerprint density at radius 1 is 0.952 bits per heavy atom. The molecule has 0 spiro atoms. The van der Waals surface area contributed by atoms with Crippen LogP contribution in [0.5, 0.6) is 5.75 Å². The van der Waals surface area contributed by atoms with E-state index in [0.29, 0.717) is 22.5 Å². The van der Waals surface area contributed by atoms with E-state index in [0.717, 1.165) is 0 Å². The molecule has 2 aromatic carbocycles. The lowest BCUT2D eigenvalue weighted by Crippen LogP contribution is -2.12. The lowest BCUT2D eigenvalue weighted by atomic mass is 10.1. The van der Waals surface area contributed by atoms with Crippen LogP contribution in [-0.2, 0) is 4.79 Å². The van der Waals surface area contributed by atoms with Crippen molar-refractivity contribution in [2.45, 2.75) is 13.8 Å². The maximum absolute atomic E-state index is 12.1. The van der Waals surface area contributed by atoms with Crippen LogP contribution in [0.2, 0.25) is 0 Å². The van der Waals surface area contributed by atoms with Crippen molar-refractivity contribution >= 4 is 23.2 Å². The van der Waals surface area contributed by atoms with Crippen LogP contribution in [0.4, 0.5) is 11.4 Å². The van der Waals surface area contributed by atoms with Crippen molar-refractivity contribution in [3.05, 3.63) is 53.6 Å². The number of anilines is 2. The first-order valence-electron chi connectivity index (χ1n) is 6.44. The Morgan fingerprint density at radius 3 is 2.05 bits per heavy atom. The van der Waals surface area contributed by atoms with Crippen molar-refractivity contribution in [2.24, 2.45) is 0 Å². The highest BCUT2D eigenvalue weighted by Gasteiger charge is 2.08. The van der Waals surface area contributed by atoms with Gasteiger partial charge in [0.2, 0.25) is 5.91 Å². The highest BCUT2D eigenvalue weighted by molar-refractivity contribution is 6.04. The fourth-order valence-corrected chi connectivity index (χ4v) is 1.84. The van der Waals surface area contributed by atoms with Gasteiger partial charge in [0.15, 0.2) is 0 Å². The monoisotopic (exact) mass is 284 g/mol. The molecule has 21 heavy (non-hydrogen) atoms. The normalized spacial score (nSPS) is 10.0. The Morgan fingerprint density at radius 2 is 1.52 bits per heavy atom. The molecule has 0 aliphatic heterocycles. The number of phenols is 1. The molecule has 2 rings (SSSR count). The van der Waals surface area contributed by atoms with Crippen molar-refractivity contribution in [1.82, 2.24) is 0 Å². The molecule has 3 N–H and O–H groups in total. The molecule has 0 aromatic heterocycles. The van der Waals surface area contributed by atoms with E-state index < -0.39 is 0 Å². The van der Waals surface area contributed by atoms with Gasteiger partial charge in [-0.1, -0.05) is 0 Å². The minimum atomic E-state index is -0.259. The maximum Gasteiger partial charge on any atom is 0.255 e. The van der Waals surface area contributed by atoms with Crippen molar-refractivity contribution in [1.29, 1.82) is 0 Å². The number of phenolic OH excluding ortho intramolecular Hbond substituents is 1. The summed E-state index contributed by atoms with van der Waals surface area (Å²) in [7, 11) is 0. The summed E-state index contributed by atoms with van der Waals surface area (Å²) in [5.41, 5.74) is 2.40. The number of nitrogens with one attached hydrogen (secondary N) is 2. The van der Waals surface area contributed by atoms with Gasteiger partial charge in [0, 0.05) is 23.9 Å². The fourth-order valence-electron chi connectivity index (χ4n) is 1.84. The van der Waals surface area contributed by atoms with E-state index in [1.54, 1.807) is 43.3 Å². The molecule has 0 fully saturated rings.